The van der Waals surface area contributed by atoms with Crippen LogP contribution >= 0.6 is 11.6 Å². The minimum Gasteiger partial charge on any atom is -0.496 e. The van der Waals surface area contributed by atoms with E-state index in [1.807, 2.05) is 18.2 Å². The van der Waals surface area contributed by atoms with E-state index in [-0.39, 0.29) is 6.04 Å². The number of carbonyl (C=O) groups excluding carboxylic acids is 1. The first-order chi connectivity index (χ1) is 8.74. The molecule has 0 N–H and O–H groups in total. The summed E-state index contributed by atoms with van der Waals surface area (Å²) in [5, 5.41) is 0.700. The Morgan fingerprint density at radius 1 is 1.50 bits per heavy atom. The lowest BCUT2D eigenvalue weighted by Crippen LogP contribution is -2.39. The smallest absolute Gasteiger partial charge is 0.137 e. The number of hydrogen-bond acceptors (Lipinski definition) is 3. The molecule has 4 heteroatoms. The van der Waals surface area contributed by atoms with Gasteiger partial charge in [0, 0.05) is 17.1 Å². The largest absolute Gasteiger partial charge is 0.496 e. The zero-order chi connectivity index (χ0) is 13.0. The highest BCUT2D eigenvalue weighted by Crippen LogP contribution is 2.26. The lowest BCUT2D eigenvalue weighted by atomic mass is 10.0. The lowest BCUT2D eigenvalue weighted by Gasteiger charge is -2.32. The number of aldehydes is 1. The topological polar surface area (TPSA) is 29.5 Å². The van der Waals surface area contributed by atoms with Gasteiger partial charge in [0.05, 0.1) is 13.2 Å². The molecule has 0 spiro atoms. The molecular formula is C14H18ClNO2. The number of nitrogens with zero attached hydrogens (tertiary/aromatic N) is 1. The zero-order valence-corrected chi connectivity index (χ0v) is 11.3. The first-order valence-electron chi connectivity index (χ1n) is 6.26. The van der Waals surface area contributed by atoms with Gasteiger partial charge in [-0.3, -0.25) is 4.90 Å². The normalized spacial score (nSPS) is 20.7. The molecule has 2 rings (SSSR count). The summed E-state index contributed by atoms with van der Waals surface area (Å²) >= 11 is 6.02. The molecule has 3 nitrogen and oxygen atoms in total. The molecule has 1 aromatic rings. The van der Waals surface area contributed by atoms with Gasteiger partial charge in [-0.1, -0.05) is 18.0 Å². The van der Waals surface area contributed by atoms with Crippen LogP contribution in [0.4, 0.5) is 0 Å². The fourth-order valence-electron chi connectivity index (χ4n) is 2.46. The van der Waals surface area contributed by atoms with Crippen molar-refractivity contribution in [1.82, 2.24) is 4.90 Å². The van der Waals surface area contributed by atoms with Gasteiger partial charge < -0.3 is 9.53 Å². The maximum absolute atomic E-state index is 11.1. The van der Waals surface area contributed by atoms with Crippen molar-refractivity contribution in [2.24, 2.45) is 0 Å². The molecule has 0 aromatic heterocycles. The third kappa shape index (κ3) is 3.03. The van der Waals surface area contributed by atoms with Crippen molar-refractivity contribution in [1.29, 1.82) is 0 Å². The van der Waals surface area contributed by atoms with Crippen molar-refractivity contribution in [3.05, 3.63) is 28.8 Å². The van der Waals surface area contributed by atoms with Crippen molar-refractivity contribution in [3.63, 3.8) is 0 Å². The van der Waals surface area contributed by atoms with E-state index >= 15 is 0 Å². The molecule has 18 heavy (non-hydrogen) atoms. The van der Waals surface area contributed by atoms with E-state index in [2.05, 4.69) is 4.90 Å². The Morgan fingerprint density at radius 2 is 2.33 bits per heavy atom. The van der Waals surface area contributed by atoms with Crippen LogP contribution in [0.2, 0.25) is 5.02 Å². The average Bonchev–Trinajstić information content (AvgIpc) is 2.40. The molecule has 1 aliphatic rings. The Balaban J connectivity index is 2.16. The number of methoxy groups -OCH3 is 1. The first kappa shape index (κ1) is 13.4. The van der Waals surface area contributed by atoms with E-state index in [0.717, 1.165) is 43.4 Å². The number of rotatable bonds is 4. The van der Waals surface area contributed by atoms with Crippen molar-refractivity contribution >= 4 is 17.9 Å². The standard InChI is InChI=1S/C14H18ClNO2/c1-18-14-6-5-12(15)8-11(14)9-16-7-3-2-4-13(16)10-17/h5-6,8,10,13H,2-4,7,9H2,1H3. The Kier molecular flexibility index (Phi) is 4.61. The number of halogens is 1. The number of hydrogen-bond donors (Lipinski definition) is 0. The molecule has 0 amide bonds. The molecule has 0 bridgehead atoms. The van der Waals surface area contributed by atoms with E-state index in [1.165, 1.54) is 0 Å². The summed E-state index contributed by atoms with van der Waals surface area (Å²) in [5.41, 5.74) is 1.04. The molecule has 0 radical (unpaired) electrons. The zero-order valence-electron chi connectivity index (χ0n) is 10.6. The van der Waals surface area contributed by atoms with Crippen LogP contribution in [0, 0.1) is 0 Å². The maximum Gasteiger partial charge on any atom is 0.137 e. The molecule has 0 saturated carbocycles. The van der Waals surface area contributed by atoms with Crippen LogP contribution in [0.15, 0.2) is 18.2 Å². The van der Waals surface area contributed by atoms with Gasteiger partial charge in [0.1, 0.15) is 12.0 Å². The molecule has 98 valence electrons. The van der Waals surface area contributed by atoms with E-state index in [9.17, 15) is 4.79 Å². The Bertz CT molecular complexity index is 422. The number of carbonyl (C=O) groups is 1. The predicted octanol–water partition coefficient (Wildman–Crippen LogP) is 2.90. The highest BCUT2D eigenvalue weighted by atomic mass is 35.5. The fraction of sp³-hybridized carbons (Fsp3) is 0.500. The molecule has 1 unspecified atom stereocenters. The average molecular weight is 268 g/mol. The molecular weight excluding hydrogens is 250 g/mol. The number of piperidine rings is 1. The van der Waals surface area contributed by atoms with Crippen molar-refractivity contribution in [2.75, 3.05) is 13.7 Å². The molecule has 1 fully saturated rings. The third-order valence-electron chi connectivity index (χ3n) is 3.44. The van der Waals surface area contributed by atoms with Gasteiger partial charge >= 0.3 is 0 Å². The van der Waals surface area contributed by atoms with E-state index in [0.29, 0.717) is 11.6 Å². The number of likely N-dealkylation sites (tertiary alicyclic amines) is 1. The second-order valence-electron chi connectivity index (χ2n) is 4.63. The first-order valence-corrected chi connectivity index (χ1v) is 6.64. The van der Waals surface area contributed by atoms with Crippen molar-refractivity contribution in [3.8, 4) is 5.75 Å². The van der Waals surface area contributed by atoms with Crippen LogP contribution < -0.4 is 4.74 Å². The van der Waals surface area contributed by atoms with Crippen LogP contribution in [0.5, 0.6) is 5.75 Å². The summed E-state index contributed by atoms with van der Waals surface area (Å²) in [6.45, 7) is 1.67. The SMILES string of the molecule is COc1ccc(Cl)cc1CN1CCCCC1C=O. The third-order valence-corrected chi connectivity index (χ3v) is 3.67. The van der Waals surface area contributed by atoms with Crippen LogP contribution in [0.1, 0.15) is 24.8 Å². The van der Waals surface area contributed by atoms with Gasteiger partial charge in [-0.15, -0.1) is 0 Å². The second-order valence-corrected chi connectivity index (χ2v) is 5.06. The van der Waals surface area contributed by atoms with Crippen LogP contribution in [-0.2, 0) is 11.3 Å². The van der Waals surface area contributed by atoms with Crippen LogP contribution in [-0.4, -0.2) is 30.9 Å². The van der Waals surface area contributed by atoms with Gasteiger partial charge in [-0.05, 0) is 37.6 Å². The van der Waals surface area contributed by atoms with Gasteiger partial charge in [-0.2, -0.15) is 0 Å². The Morgan fingerprint density at radius 3 is 3.06 bits per heavy atom. The highest BCUT2D eigenvalue weighted by molar-refractivity contribution is 6.30. The molecule has 1 heterocycles. The monoisotopic (exact) mass is 267 g/mol. The quantitative estimate of drug-likeness (QED) is 0.786. The van der Waals surface area contributed by atoms with E-state index in [4.69, 9.17) is 16.3 Å². The van der Waals surface area contributed by atoms with Crippen molar-refractivity contribution < 1.29 is 9.53 Å². The minimum atomic E-state index is 0.0300. The van der Waals surface area contributed by atoms with Crippen molar-refractivity contribution in [2.45, 2.75) is 31.8 Å². The summed E-state index contributed by atoms with van der Waals surface area (Å²) in [6, 6.07) is 5.63. The number of ether oxygens (including phenoxy) is 1. The summed E-state index contributed by atoms with van der Waals surface area (Å²) in [6.07, 6.45) is 4.28. The molecule has 1 aromatic carbocycles. The minimum absolute atomic E-state index is 0.0300. The van der Waals surface area contributed by atoms with Gasteiger partial charge in [-0.25, -0.2) is 0 Å². The van der Waals surface area contributed by atoms with E-state index < -0.39 is 0 Å². The Labute approximate surface area is 113 Å². The molecule has 1 atom stereocenters. The number of benzene rings is 1. The fourth-order valence-corrected chi connectivity index (χ4v) is 2.65. The van der Waals surface area contributed by atoms with Gasteiger partial charge in [0.25, 0.3) is 0 Å². The van der Waals surface area contributed by atoms with Crippen LogP contribution in [0.25, 0.3) is 0 Å². The molecule has 1 aliphatic heterocycles. The summed E-state index contributed by atoms with van der Waals surface area (Å²) < 4.78 is 5.34. The highest BCUT2D eigenvalue weighted by Gasteiger charge is 2.22. The molecule has 1 saturated heterocycles. The second kappa shape index (κ2) is 6.21. The van der Waals surface area contributed by atoms with Gasteiger partial charge in [0.15, 0.2) is 0 Å². The predicted molar refractivity (Wildman–Crippen MR) is 72.1 cm³/mol. The lowest BCUT2D eigenvalue weighted by molar-refractivity contribution is -0.113. The summed E-state index contributed by atoms with van der Waals surface area (Å²) in [7, 11) is 1.65. The summed E-state index contributed by atoms with van der Waals surface area (Å²) in [4.78, 5) is 13.3. The Hall–Kier alpha value is -1.06. The van der Waals surface area contributed by atoms with Gasteiger partial charge in [0.2, 0.25) is 0 Å². The van der Waals surface area contributed by atoms with Crippen LogP contribution in [0.3, 0.4) is 0 Å². The summed E-state index contributed by atoms with van der Waals surface area (Å²) in [5.74, 6) is 0.828. The maximum atomic E-state index is 11.1. The van der Waals surface area contributed by atoms with E-state index in [1.54, 1.807) is 7.11 Å². The molecule has 0 aliphatic carbocycles.